The molecule has 6 nitrogen and oxygen atoms in total. The minimum Gasteiger partial charge on any atom is -0.465 e. The number of benzene rings is 1. The molecule has 0 fully saturated rings. The quantitative estimate of drug-likeness (QED) is 0.764. The maximum absolute atomic E-state index is 13.7. The van der Waals surface area contributed by atoms with Gasteiger partial charge in [-0.05, 0) is 17.3 Å². The van der Waals surface area contributed by atoms with Crippen LogP contribution in [0, 0.1) is 5.82 Å². The normalized spacial score (nSPS) is 10.4. The highest BCUT2D eigenvalue weighted by Crippen LogP contribution is 2.13. The van der Waals surface area contributed by atoms with Crippen molar-refractivity contribution in [2.75, 3.05) is 7.11 Å². The van der Waals surface area contributed by atoms with E-state index in [1.54, 1.807) is 0 Å². The number of ether oxygens (including phenoxy) is 1. The molecule has 18 heavy (non-hydrogen) atoms. The van der Waals surface area contributed by atoms with Gasteiger partial charge in [0, 0.05) is 12.5 Å². The van der Waals surface area contributed by atoms with E-state index in [1.165, 1.54) is 24.0 Å². The van der Waals surface area contributed by atoms with Gasteiger partial charge in [-0.25, -0.2) is 9.18 Å². The number of halogens is 1. The smallest absolute Gasteiger partial charge is 0.340 e. The molecule has 0 aliphatic carbocycles. The van der Waals surface area contributed by atoms with Crippen LogP contribution in [0.2, 0.25) is 0 Å². The van der Waals surface area contributed by atoms with Gasteiger partial charge in [0.2, 0.25) is 0 Å². The lowest BCUT2D eigenvalue weighted by atomic mass is 10.2. The Morgan fingerprint density at radius 2 is 2.28 bits per heavy atom. The van der Waals surface area contributed by atoms with Gasteiger partial charge in [0.15, 0.2) is 5.82 Å². The van der Waals surface area contributed by atoms with Crippen LogP contribution in [0.5, 0.6) is 0 Å². The van der Waals surface area contributed by atoms with Gasteiger partial charge in [-0.2, -0.15) is 0 Å². The van der Waals surface area contributed by atoms with Gasteiger partial charge >= 0.3 is 5.97 Å². The number of hydrogen-bond donors (Lipinski definition) is 0. The third kappa shape index (κ3) is 2.20. The number of tetrazole rings is 1. The number of carbonyl (C=O) groups is 1. The molecule has 7 heteroatoms. The number of rotatable bonds is 3. The van der Waals surface area contributed by atoms with E-state index in [2.05, 4.69) is 20.1 Å². The average Bonchev–Trinajstić information content (AvgIpc) is 2.86. The zero-order valence-electron chi connectivity index (χ0n) is 9.92. The molecule has 0 aliphatic heterocycles. The number of hydrogen-bond acceptors (Lipinski definition) is 5. The Balaban J connectivity index is 2.36. The third-order valence-electron chi connectivity index (χ3n) is 2.36. The van der Waals surface area contributed by atoms with Gasteiger partial charge in [-0.3, -0.25) is 0 Å². The van der Waals surface area contributed by atoms with Crippen LogP contribution in [-0.2, 0) is 11.2 Å². The Morgan fingerprint density at radius 1 is 1.50 bits per heavy atom. The summed E-state index contributed by atoms with van der Waals surface area (Å²) in [5, 5.41) is 11.6. The van der Waals surface area contributed by atoms with E-state index >= 15 is 0 Å². The monoisotopic (exact) mass is 250 g/mol. The lowest BCUT2D eigenvalue weighted by Gasteiger charge is -2.03. The molecule has 94 valence electrons. The Hall–Kier alpha value is -2.31. The van der Waals surface area contributed by atoms with Crippen molar-refractivity contribution in [2.45, 2.75) is 13.3 Å². The summed E-state index contributed by atoms with van der Waals surface area (Å²) in [5.74, 6) is -0.845. The second-order valence-corrected chi connectivity index (χ2v) is 3.50. The first-order valence-corrected chi connectivity index (χ1v) is 5.32. The summed E-state index contributed by atoms with van der Waals surface area (Å²) in [4.78, 5) is 12.4. The standard InChI is InChI=1S/C11H11FN4O2/c1-3-10-13-15-16(14-10)7-4-5-8(9(12)6-7)11(17)18-2/h4-6H,3H2,1-2H3. The van der Waals surface area contributed by atoms with Crippen molar-refractivity contribution >= 4 is 5.97 Å². The van der Waals surface area contributed by atoms with Gasteiger partial charge in [0.25, 0.3) is 0 Å². The number of aromatic nitrogens is 4. The largest absolute Gasteiger partial charge is 0.465 e. The molecule has 0 saturated carbocycles. The van der Waals surface area contributed by atoms with Crippen molar-refractivity contribution < 1.29 is 13.9 Å². The van der Waals surface area contributed by atoms with Crippen LogP contribution in [0.3, 0.4) is 0 Å². The number of methoxy groups -OCH3 is 1. The third-order valence-corrected chi connectivity index (χ3v) is 2.36. The lowest BCUT2D eigenvalue weighted by Crippen LogP contribution is -2.06. The summed E-state index contributed by atoms with van der Waals surface area (Å²) in [6.07, 6.45) is 0.642. The molecule has 0 aliphatic rings. The molecule has 0 radical (unpaired) electrons. The molecule has 2 rings (SSSR count). The van der Waals surface area contributed by atoms with E-state index in [0.29, 0.717) is 17.9 Å². The predicted molar refractivity (Wildman–Crippen MR) is 59.8 cm³/mol. The van der Waals surface area contributed by atoms with E-state index in [-0.39, 0.29) is 5.56 Å². The van der Waals surface area contributed by atoms with Gasteiger partial charge in [0.05, 0.1) is 18.4 Å². The van der Waals surface area contributed by atoms with Crippen LogP contribution in [-0.4, -0.2) is 33.3 Å². The molecule has 2 aromatic rings. The molecule has 0 N–H and O–H groups in total. The Morgan fingerprint density at radius 3 is 2.83 bits per heavy atom. The number of aryl methyl sites for hydroxylation is 1. The van der Waals surface area contributed by atoms with Crippen LogP contribution < -0.4 is 0 Å². The Labute approximate surface area is 102 Å². The van der Waals surface area contributed by atoms with Crippen LogP contribution in [0.25, 0.3) is 5.69 Å². The summed E-state index contributed by atoms with van der Waals surface area (Å²) in [7, 11) is 1.20. The van der Waals surface area contributed by atoms with Crippen molar-refractivity contribution in [1.82, 2.24) is 20.2 Å². The van der Waals surface area contributed by atoms with Crippen LogP contribution in [0.1, 0.15) is 23.1 Å². The summed E-state index contributed by atoms with van der Waals surface area (Å²) < 4.78 is 18.1. The van der Waals surface area contributed by atoms with Gasteiger partial charge < -0.3 is 4.74 Å². The van der Waals surface area contributed by atoms with Crippen molar-refractivity contribution in [1.29, 1.82) is 0 Å². The molecule has 1 aromatic carbocycles. The highest BCUT2D eigenvalue weighted by Gasteiger charge is 2.13. The first-order chi connectivity index (χ1) is 8.65. The van der Waals surface area contributed by atoms with E-state index in [1.807, 2.05) is 6.92 Å². The zero-order valence-corrected chi connectivity index (χ0v) is 9.92. The highest BCUT2D eigenvalue weighted by atomic mass is 19.1. The maximum atomic E-state index is 13.7. The number of esters is 1. The molecule has 0 unspecified atom stereocenters. The lowest BCUT2D eigenvalue weighted by molar-refractivity contribution is 0.0595. The summed E-state index contributed by atoms with van der Waals surface area (Å²) in [5.41, 5.74) is 0.268. The first-order valence-electron chi connectivity index (χ1n) is 5.32. The van der Waals surface area contributed by atoms with Crippen LogP contribution in [0.15, 0.2) is 18.2 Å². The van der Waals surface area contributed by atoms with Gasteiger partial charge in [-0.1, -0.05) is 6.92 Å². The topological polar surface area (TPSA) is 69.9 Å². The number of nitrogens with zero attached hydrogens (tertiary/aromatic N) is 4. The van der Waals surface area contributed by atoms with E-state index in [0.717, 1.165) is 6.07 Å². The average molecular weight is 250 g/mol. The summed E-state index contributed by atoms with van der Waals surface area (Å²) >= 11 is 0. The van der Waals surface area contributed by atoms with E-state index in [9.17, 15) is 9.18 Å². The maximum Gasteiger partial charge on any atom is 0.340 e. The van der Waals surface area contributed by atoms with E-state index < -0.39 is 11.8 Å². The molecule has 0 amide bonds. The molecule has 0 saturated heterocycles. The van der Waals surface area contributed by atoms with Crippen molar-refractivity contribution in [3.8, 4) is 5.69 Å². The fourth-order valence-corrected chi connectivity index (χ4v) is 1.40. The second-order valence-electron chi connectivity index (χ2n) is 3.50. The molecule has 0 spiro atoms. The Bertz CT molecular complexity index is 582. The fraction of sp³-hybridized carbons (Fsp3) is 0.273. The zero-order chi connectivity index (χ0) is 13.1. The summed E-state index contributed by atoms with van der Waals surface area (Å²) in [6, 6.07) is 4.01. The molecule has 0 bridgehead atoms. The first kappa shape index (κ1) is 12.2. The predicted octanol–water partition coefficient (Wildman–Crippen LogP) is 1.15. The minimum absolute atomic E-state index is 0.128. The molecule has 1 aromatic heterocycles. The molecule has 1 heterocycles. The Kier molecular flexibility index (Phi) is 3.31. The highest BCUT2D eigenvalue weighted by molar-refractivity contribution is 5.89. The van der Waals surface area contributed by atoms with Crippen molar-refractivity contribution in [3.63, 3.8) is 0 Å². The van der Waals surface area contributed by atoms with Gasteiger partial charge in [-0.15, -0.1) is 15.0 Å². The summed E-state index contributed by atoms with van der Waals surface area (Å²) in [6.45, 7) is 1.89. The molecular weight excluding hydrogens is 239 g/mol. The SMILES string of the molecule is CCc1nnn(-c2ccc(C(=O)OC)c(F)c2)n1. The van der Waals surface area contributed by atoms with E-state index in [4.69, 9.17) is 0 Å². The number of carbonyl (C=O) groups excluding carboxylic acids is 1. The second kappa shape index (κ2) is 4.91. The van der Waals surface area contributed by atoms with Gasteiger partial charge in [0.1, 0.15) is 5.82 Å². The van der Waals surface area contributed by atoms with Crippen LogP contribution in [0.4, 0.5) is 4.39 Å². The molecular formula is C11H11FN4O2. The van der Waals surface area contributed by atoms with Crippen molar-refractivity contribution in [2.24, 2.45) is 0 Å². The minimum atomic E-state index is -0.722. The fourth-order valence-electron chi connectivity index (χ4n) is 1.40. The van der Waals surface area contributed by atoms with Crippen molar-refractivity contribution in [3.05, 3.63) is 35.4 Å². The van der Waals surface area contributed by atoms with Crippen LogP contribution >= 0.6 is 0 Å². The molecule has 0 atom stereocenters.